The number of carbonyl (C=O) groups is 1. The standard InChI is InChI=1S/C24H24N4O3S2/c1-2-31-15-9-7-14(8-10-15)17-13-32-24(25-17)28-20(29)12-11-19-26-22(30)21-16-5-3-4-6-18(16)33-23(21)27-19/h7-10,13H,2-6,11-12H2,1H3,(H,25,28,29)(H,26,27,30). The molecule has 0 fully saturated rings. The number of hydrogen-bond donors (Lipinski definition) is 2. The number of nitrogens with one attached hydrogen (secondary N) is 2. The molecule has 1 aliphatic rings. The molecule has 3 heterocycles. The number of ether oxygens (including phenoxy) is 1. The number of fused-ring (bicyclic) bond motifs is 3. The first kappa shape index (κ1) is 21.8. The van der Waals surface area contributed by atoms with Crippen molar-refractivity contribution in [3.63, 3.8) is 0 Å². The highest BCUT2D eigenvalue weighted by molar-refractivity contribution is 7.18. The van der Waals surface area contributed by atoms with Gasteiger partial charge in [-0.3, -0.25) is 9.59 Å². The van der Waals surface area contributed by atoms with Crippen molar-refractivity contribution in [2.24, 2.45) is 0 Å². The van der Waals surface area contributed by atoms with Gasteiger partial charge in [0.05, 0.1) is 17.7 Å². The van der Waals surface area contributed by atoms with Crippen molar-refractivity contribution in [3.8, 4) is 17.0 Å². The molecule has 5 rings (SSSR count). The SMILES string of the molecule is CCOc1ccc(-c2csc(NC(=O)CCc3nc4sc5c(c4c(=O)[nH]3)CCCC5)n2)cc1. The van der Waals surface area contributed by atoms with Crippen LogP contribution in [0.2, 0.25) is 0 Å². The molecular formula is C24H24N4O3S2. The van der Waals surface area contributed by atoms with Gasteiger partial charge in [-0.2, -0.15) is 0 Å². The first-order chi connectivity index (χ1) is 16.1. The molecular weight excluding hydrogens is 456 g/mol. The fraction of sp³-hybridized carbons (Fsp3) is 0.333. The number of benzene rings is 1. The maximum atomic E-state index is 12.7. The average Bonchev–Trinajstić information content (AvgIpc) is 3.43. The zero-order valence-electron chi connectivity index (χ0n) is 18.3. The van der Waals surface area contributed by atoms with Crippen LogP contribution in [-0.2, 0) is 24.1 Å². The van der Waals surface area contributed by atoms with Crippen LogP contribution in [-0.4, -0.2) is 27.5 Å². The van der Waals surface area contributed by atoms with Crippen LogP contribution in [0.25, 0.3) is 21.5 Å². The average molecular weight is 481 g/mol. The zero-order chi connectivity index (χ0) is 22.8. The van der Waals surface area contributed by atoms with E-state index in [0.29, 0.717) is 24.0 Å². The van der Waals surface area contributed by atoms with E-state index in [4.69, 9.17) is 4.74 Å². The van der Waals surface area contributed by atoms with Gasteiger partial charge in [0.15, 0.2) is 5.13 Å². The molecule has 1 aliphatic carbocycles. The third-order valence-corrected chi connectivity index (χ3v) is 7.62. The van der Waals surface area contributed by atoms with Crippen molar-refractivity contribution in [1.82, 2.24) is 15.0 Å². The number of amides is 1. The van der Waals surface area contributed by atoms with E-state index in [0.717, 1.165) is 46.5 Å². The van der Waals surface area contributed by atoms with Crippen molar-refractivity contribution < 1.29 is 9.53 Å². The highest BCUT2D eigenvalue weighted by Crippen LogP contribution is 2.33. The van der Waals surface area contributed by atoms with Gasteiger partial charge >= 0.3 is 0 Å². The van der Waals surface area contributed by atoms with Crippen LogP contribution in [0.15, 0.2) is 34.4 Å². The second-order valence-electron chi connectivity index (χ2n) is 7.95. The Morgan fingerprint density at radius 2 is 2.00 bits per heavy atom. The van der Waals surface area contributed by atoms with Gasteiger partial charge < -0.3 is 15.0 Å². The summed E-state index contributed by atoms with van der Waals surface area (Å²) >= 11 is 3.00. The highest BCUT2D eigenvalue weighted by Gasteiger charge is 2.20. The Morgan fingerprint density at radius 3 is 2.82 bits per heavy atom. The number of thiazole rings is 1. The molecule has 33 heavy (non-hydrogen) atoms. The van der Waals surface area contributed by atoms with Gasteiger partial charge in [-0.05, 0) is 62.4 Å². The summed E-state index contributed by atoms with van der Waals surface area (Å²) in [6.45, 7) is 2.57. The second kappa shape index (κ2) is 9.44. The van der Waals surface area contributed by atoms with Crippen LogP contribution in [0.1, 0.15) is 42.5 Å². The van der Waals surface area contributed by atoms with Crippen molar-refractivity contribution in [2.45, 2.75) is 45.4 Å². The van der Waals surface area contributed by atoms with Crippen molar-refractivity contribution >= 4 is 43.9 Å². The number of H-pyrrole nitrogens is 1. The molecule has 0 atom stereocenters. The van der Waals surface area contributed by atoms with E-state index >= 15 is 0 Å². The Labute approximate surface area is 198 Å². The molecule has 0 saturated carbocycles. The zero-order valence-corrected chi connectivity index (χ0v) is 19.9. The summed E-state index contributed by atoms with van der Waals surface area (Å²) in [5.41, 5.74) is 2.85. The first-order valence-electron chi connectivity index (χ1n) is 11.1. The summed E-state index contributed by atoms with van der Waals surface area (Å²) in [7, 11) is 0. The summed E-state index contributed by atoms with van der Waals surface area (Å²) < 4.78 is 5.47. The maximum absolute atomic E-state index is 12.7. The van der Waals surface area contributed by atoms with Gasteiger partial charge in [0.1, 0.15) is 16.4 Å². The number of thiophene rings is 1. The van der Waals surface area contributed by atoms with E-state index in [9.17, 15) is 9.59 Å². The molecule has 4 aromatic rings. The second-order valence-corrected chi connectivity index (χ2v) is 9.89. The molecule has 0 aliphatic heterocycles. The van der Waals surface area contributed by atoms with Crippen molar-refractivity contribution in [1.29, 1.82) is 0 Å². The van der Waals surface area contributed by atoms with Crippen LogP contribution in [0, 0.1) is 0 Å². The van der Waals surface area contributed by atoms with E-state index in [1.165, 1.54) is 28.2 Å². The van der Waals surface area contributed by atoms with Gasteiger partial charge in [0.25, 0.3) is 5.56 Å². The van der Waals surface area contributed by atoms with Crippen molar-refractivity contribution in [3.05, 3.63) is 56.3 Å². The molecule has 0 bridgehead atoms. The number of nitrogens with zero attached hydrogens (tertiary/aromatic N) is 2. The monoisotopic (exact) mass is 480 g/mol. The molecule has 3 aromatic heterocycles. The van der Waals surface area contributed by atoms with Gasteiger partial charge in [-0.1, -0.05) is 0 Å². The van der Waals surface area contributed by atoms with E-state index in [1.807, 2.05) is 36.6 Å². The van der Waals surface area contributed by atoms with E-state index < -0.39 is 0 Å². The van der Waals surface area contributed by atoms with Crippen LogP contribution in [0.4, 0.5) is 5.13 Å². The summed E-state index contributed by atoms with van der Waals surface area (Å²) in [6, 6.07) is 7.72. The minimum Gasteiger partial charge on any atom is -0.494 e. The van der Waals surface area contributed by atoms with Gasteiger partial charge in [0, 0.05) is 28.7 Å². The Hall–Kier alpha value is -3.04. The third-order valence-electron chi connectivity index (χ3n) is 5.67. The molecule has 1 aromatic carbocycles. The van der Waals surface area contributed by atoms with Gasteiger partial charge in [-0.15, -0.1) is 22.7 Å². The Kier molecular flexibility index (Phi) is 6.24. The molecule has 0 radical (unpaired) electrons. The van der Waals surface area contributed by atoms with Crippen LogP contribution >= 0.6 is 22.7 Å². The van der Waals surface area contributed by atoms with Crippen LogP contribution < -0.4 is 15.6 Å². The number of aryl methyl sites for hydroxylation is 3. The lowest BCUT2D eigenvalue weighted by Crippen LogP contribution is -2.16. The van der Waals surface area contributed by atoms with Gasteiger partial charge in [-0.25, -0.2) is 9.97 Å². The molecule has 170 valence electrons. The Bertz CT molecular complexity index is 1350. The number of hydrogen-bond acceptors (Lipinski definition) is 7. The number of aromatic amines is 1. The largest absolute Gasteiger partial charge is 0.494 e. The smallest absolute Gasteiger partial charge is 0.259 e. The van der Waals surface area contributed by atoms with Crippen LogP contribution in [0.3, 0.4) is 0 Å². The number of carbonyl (C=O) groups excluding carboxylic acids is 1. The third kappa shape index (κ3) is 4.69. The van der Waals surface area contributed by atoms with E-state index in [2.05, 4.69) is 20.3 Å². The Balaban J connectivity index is 1.22. The summed E-state index contributed by atoms with van der Waals surface area (Å²) in [5, 5.41) is 6.06. The first-order valence-corrected chi connectivity index (χ1v) is 12.8. The minimum atomic E-state index is -0.157. The lowest BCUT2D eigenvalue weighted by Gasteiger charge is -2.09. The fourth-order valence-corrected chi connectivity index (χ4v) is 6.11. The quantitative estimate of drug-likeness (QED) is 0.390. The summed E-state index contributed by atoms with van der Waals surface area (Å²) in [5.74, 6) is 1.21. The highest BCUT2D eigenvalue weighted by atomic mass is 32.1. The van der Waals surface area contributed by atoms with Crippen LogP contribution in [0.5, 0.6) is 5.75 Å². The predicted molar refractivity (Wildman–Crippen MR) is 133 cm³/mol. The molecule has 0 spiro atoms. The van der Waals surface area contributed by atoms with E-state index in [1.54, 1.807) is 11.3 Å². The van der Waals surface area contributed by atoms with Gasteiger partial charge in [0.2, 0.25) is 5.91 Å². The lowest BCUT2D eigenvalue weighted by atomic mass is 9.97. The number of anilines is 1. The summed E-state index contributed by atoms with van der Waals surface area (Å²) in [6.07, 6.45) is 4.86. The minimum absolute atomic E-state index is 0.0882. The van der Waals surface area contributed by atoms with E-state index in [-0.39, 0.29) is 17.9 Å². The topological polar surface area (TPSA) is 97.0 Å². The molecule has 9 heteroatoms. The molecule has 7 nitrogen and oxygen atoms in total. The predicted octanol–water partition coefficient (Wildman–Crippen LogP) is 4.96. The van der Waals surface area contributed by atoms with Crippen molar-refractivity contribution in [2.75, 3.05) is 11.9 Å². The Morgan fingerprint density at radius 1 is 1.18 bits per heavy atom. The molecule has 0 saturated heterocycles. The molecule has 1 amide bonds. The summed E-state index contributed by atoms with van der Waals surface area (Å²) in [4.78, 5) is 39.3. The number of aromatic nitrogens is 3. The lowest BCUT2D eigenvalue weighted by molar-refractivity contribution is -0.116. The fourth-order valence-electron chi connectivity index (χ4n) is 4.09. The maximum Gasteiger partial charge on any atom is 0.259 e. The molecule has 2 N–H and O–H groups in total. The normalized spacial score (nSPS) is 13.1. The number of rotatable bonds is 7. The molecule has 0 unspecified atom stereocenters.